The summed E-state index contributed by atoms with van der Waals surface area (Å²) in [5, 5.41) is 14.0. The van der Waals surface area contributed by atoms with Gasteiger partial charge < -0.3 is 5.32 Å². The molecule has 1 aliphatic heterocycles. The van der Waals surface area contributed by atoms with Crippen LogP contribution < -0.4 is 5.32 Å². The van der Waals surface area contributed by atoms with Crippen LogP contribution in [0.4, 0.5) is 10.5 Å². The lowest BCUT2D eigenvalue weighted by Gasteiger charge is -2.26. The van der Waals surface area contributed by atoms with Crippen LogP contribution in [0.3, 0.4) is 0 Å². The highest BCUT2D eigenvalue weighted by Crippen LogP contribution is 2.42. The standard InChI is InChI=1S/C17H22N4O4/c1-3-19(10-12-6-4-5-7-14(12)21(24)25)11-20-15(22)17(2,13-8-9-13)18-16(20)23/h4-7,13H,3,8-11H2,1-2H3,(H,18,23)/t17-/m0/s1. The zero-order valence-electron chi connectivity index (χ0n) is 14.4. The third-order valence-electron chi connectivity index (χ3n) is 5.07. The Kier molecular flexibility index (Phi) is 4.47. The second-order valence-corrected chi connectivity index (χ2v) is 6.81. The summed E-state index contributed by atoms with van der Waals surface area (Å²) in [6, 6.07) is 6.13. The number of urea groups is 1. The second kappa shape index (κ2) is 6.44. The van der Waals surface area contributed by atoms with E-state index >= 15 is 0 Å². The molecule has 2 aliphatic rings. The first-order valence-corrected chi connectivity index (χ1v) is 8.45. The number of para-hydroxylation sites is 1. The Balaban J connectivity index is 1.74. The Morgan fingerprint density at radius 3 is 2.64 bits per heavy atom. The van der Waals surface area contributed by atoms with Crippen LogP contribution >= 0.6 is 0 Å². The summed E-state index contributed by atoms with van der Waals surface area (Å²) in [5.74, 6) is 0.000230. The number of carbonyl (C=O) groups excluding carboxylic acids is 2. The van der Waals surface area contributed by atoms with Crippen LogP contribution in [0.1, 0.15) is 32.3 Å². The fourth-order valence-corrected chi connectivity index (χ4v) is 3.31. The van der Waals surface area contributed by atoms with E-state index in [1.54, 1.807) is 25.1 Å². The molecule has 0 aromatic heterocycles. The third kappa shape index (κ3) is 3.21. The van der Waals surface area contributed by atoms with Gasteiger partial charge in [-0.1, -0.05) is 25.1 Å². The van der Waals surface area contributed by atoms with Gasteiger partial charge in [-0.3, -0.25) is 19.8 Å². The number of carbonyl (C=O) groups is 2. The van der Waals surface area contributed by atoms with E-state index in [-0.39, 0.29) is 30.2 Å². The molecule has 1 atom stereocenters. The molecule has 0 spiro atoms. The maximum Gasteiger partial charge on any atom is 0.326 e. The number of amides is 3. The van der Waals surface area contributed by atoms with Gasteiger partial charge in [0, 0.05) is 18.2 Å². The first-order chi connectivity index (χ1) is 11.9. The molecule has 25 heavy (non-hydrogen) atoms. The first-order valence-electron chi connectivity index (χ1n) is 8.45. The van der Waals surface area contributed by atoms with E-state index in [0.29, 0.717) is 18.7 Å². The highest BCUT2D eigenvalue weighted by molar-refractivity contribution is 6.07. The summed E-state index contributed by atoms with van der Waals surface area (Å²) < 4.78 is 0. The average Bonchev–Trinajstić information content (AvgIpc) is 3.40. The summed E-state index contributed by atoms with van der Waals surface area (Å²) in [7, 11) is 0. The number of rotatable bonds is 7. The molecule has 2 fully saturated rings. The number of nitro benzene ring substituents is 1. The van der Waals surface area contributed by atoms with Crippen molar-refractivity contribution in [1.29, 1.82) is 0 Å². The van der Waals surface area contributed by atoms with E-state index < -0.39 is 10.5 Å². The minimum Gasteiger partial charge on any atom is -0.323 e. The number of nitrogens with one attached hydrogen (secondary N) is 1. The highest BCUT2D eigenvalue weighted by Gasteiger charge is 2.56. The van der Waals surface area contributed by atoms with Gasteiger partial charge in [0.15, 0.2) is 0 Å². The number of hydrogen-bond donors (Lipinski definition) is 1. The Labute approximate surface area is 145 Å². The summed E-state index contributed by atoms with van der Waals surface area (Å²) in [4.78, 5) is 38.8. The quantitative estimate of drug-likeness (QED) is 0.463. The fourth-order valence-electron chi connectivity index (χ4n) is 3.31. The summed E-state index contributed by atoms with van der Waals surface area (Å²) in [6.07, 6.45) is 1.90. The van der Waals surface area contributed by atoms with Crippen LogP contribution in [0.5, 0.6) is 0 Å². The van der Waals surface area contributed by atoms with Gasteiger partial charge in [0.1, 0.15) is 5.54 Å². The van der Waals surface area contributed by atoms with Crippen LogP contribution in [0.25, 0.3) is 0 Å². The van der Waals surface area contributed by atoms with Gasteiger partial charge in [-0.15, -0.1) is 0 Å². The Morgan fingerprint density at radius 2 is 2.04 bits per heavy atom. The van der Waals surface area contributed by atoms with Crippen molar-refractivity contribution in [3.63, 3.8) is 0 Å². The fraction of sp³-hybridized carbons (Fsp3) is 0.529. The van der Waals surface area contributed by atoms with Crippen molar-refractivity contribution in [2.24, 2.45) is 5.92 Å². The topological polar surface area (TPSA) is 95.8 Å². The maximum atomic E-state index is 12.7. The SMILES string of the molecule is CCN(Cc1ccccc1[N+](=O)[O-])CN1C(=O)N[C@@](C)(C2CC2)C1=O. The lowest BCUT2D eigenvalue weighted by molar-refractivity contribution is -0.385. The van der Waals surface area contributed by atoms with E-state index in [1.165, 1.54) is 11.0 Å². The van der Waals surface area contributed by atoms with Gasteiger partial charge >= 0.3 is 6.03 Å². The smallest absolute Gasteiger partial charge is 0.323 e. The Morgan fingerprint density at radius 1 is 1.36 bits per heavy atom. The van der Waals surface area contributed by atoms with Crippen LogP contribution in [0, 0.1) is 16.0 Å². The summed E-state index contributed by atoms with van der Waals surface area (Å²) in [5.41, 5.74) is -0.206. The van der Waals surface area contributed by atoms with E-state index in [4.69, 9.17) is 0 Å². The molecule has 1 aromatic carbocycles. The van der Waals surface area contributed by atoms with Crippen molar-refractivity contribution in [2.45, 2.75) is 38.8 Å². The van der Waals surface area contributed by atoms with Crippen LogP contribution in [-0.4, -0.2) is 45.4 Å². The lowest BCUT2D eigenvalue weighted by Crippen LogP contribution is -2.47. The molecule has 1 saturated carbocycles. The summed E-state index contributed by atoms with van der Waals surface area (Å²) in [6.45, 7) is 4.65. The maximum absolute atomic E-state index is 12.7. The van der Waals surface area contributed by atoms with Crippen molar-refractivity contribution in [3.8, 4) is 0 Å². The molecule has 1 aliphatic carbocycles. The Hall–Kier alpha value is -2.48. The van der Waals surface area contributed by atoms with E-state index in [0.717, 1.165) is 12.8 Å². The van der Waals surface area contributed by atoms with E-state index in [1.807, 2.05) is 11.8 Å². The predicted molar refractivity (Wildman–Crippen MR) is 90.6 cm³/mol. The molecule has 8 nitrogen and oxygen atoms in total. The van der Waals surface area contributed by atoms with Crippen molar-refractivity contribution in [2.75, 3.05) is 13.2 Å². The molecule has 0 bridgehead atoms. The van der Waals surface area contributed by atoms with Crippen molar-refractivity contribution in [3.05, 3.63) is 39.9 Å². The van der Waals surface area contributed by atoms with Crippen LogP contribution in [0.2, 0.25) is 0 Å². The van der Waals surface area contributed by atoms with E-state index in [9.17, 15) is 19.7 Å². The van der Waals surface area contributed by atoms with Gasteiger partial charge in [-0.2, -0.15) is 0 Å². The number of nitro groups is 1. The molecule has 134 valence electrons. The molecule has 1 N–H and O–H groups in total. The molecule has 1 heterocycles. The van der Waals surface area contributed by atoms with Crippen LogP contribution in [-0.2, 0) is 11.3 Å². The molecule has 3 amide bonds. The monoisotopic (exact) mass is 346 g/mol. The molecular formula is C17H22N4O4. The van der Waals surface area contributed by atoms with Gasteiger partial charge in [-0.05, 0) is 32.2 Å². The Bertz CT molecular complexity index is 718. The molecule has 1 aromatic rings. The molecular weight excluding hydrogens is 324 g/mol. The van der Waals surface area contributed by atoms with Gasteiger partial charge in [0.25, 0.3) is 11.6 Å². The first kappa shape index (κ1) is 17.3. The second-order valence-electron chi connectivity index (χ2n) is 6.81. The number of hydrogen-bond acceptors (Lipinski definition) is 5. The summed E-state index contributed by atoms with van der Waals surface area (Å²) >= 11 is 0. The number of nitrogens with zero attached hydrogens (tertiary/aromatic N) is 3. The zero-order valence-corrected chi connectivity index (χ0v) is 14.4. The van der Waals surface area contributed by atoms with Crippen molar-refractivity contribution in [1.82, 2.24) is 15.1 Å². The third-order valence-corrected chi connectivity index (χ3v) is 5.07. The largest absolute Gasteiger partial charge is 0.326 e. The minimum absolute atomic E-state index is 0.0426. The molecule has 3 rings (SSSR count). The normalized spacial score (nSPS) is 23.2. The van der Waals surface area contributed by atoms with Crippen molar-refractivity contribution < 1.29 is 14.5 Å². The number of benzene rings is 1. The zero-order chi connectivity index (χ0) is 18.2. The lowest BCUT2D eigenvalue weighted by atomic mass is 9.96. The molecule has 0 unspecified atom stereocenters. The minimum atomic E-state index is -0.810. The predicted octanol–water partition coefficient (Wildman–Crippen LogP) is 2.09. The van der Waals surface area contributed by atoms with Gasteiger partial charge in [0.2, 0.25) is 0 Å². The molecule has 0 radical (unpaired) electrons. The average molecular weight is 346 g/mol. The van der Waals surface area contributed by atoms with Gasteiger partial charge in [0.05, 0.1) is 11.6 Å². The molecule has 1 saturated heterocycles. The van der Waals surface area contributed by atoms with Crippen molar-refractivity contribution >= 4 is 17.6 Å². The van der Waals surface area contributed by atoms with E-state index in [2.05, 4.69) is 5.32 Å². The number of imide groups is 1. The van der Waals surface area contributed by atoms with Crippen LogP contribution in [0.15, 0.2) is 24.3 Å². The molecule has 8 heteroatoms. The van der Waals surface area contributed by atoms with Gasteiger partial charge in [-0.25, -0.2) is 9.69 Å². The highest BCUT2D eigenvalue weighted by atomic mass is 16.6.